The molecule has 0 amide bonds. The number of thiocarbonyl (C=S) groups is 1. The second-order valence-electron chi connectivity index (χ2n) is 8.44. The fraction of sp³-hybridized carbons (Fsp3) is 0.154. The summed E-state index contributed by atoms with van der Waals surface area (Å²) in [5.74, 6) is 1.50. The van der Waals surface area contributed by atoms with Gasteiger partial charge in [0.25, 0.3) is 0 Å². The predicted octanol–water partition coefficient (Wildman–Crippen LogP) is 5.20. The Bertz CT molecular complexity index is 1470. The lowest BCUT2D eigenvalue weighted by Crippen LogP contribution is -2.29. The molecular weight excluding hydrogens is 480 g/mol. The van der Waals surface area contributed by atoms with Crippen molar-refractivity contribution in [1.82, 2.24) is 10.3 Å². The van der Waals surface area contributed by atoms with Gasteiger partial charge in [0.05, 0.1) is 23.7 Å². The highest BCUT2D eigenvalue weighted by molar-refractivity contribution is 7.92. The number of pyridine rings is 1. The van der Waals surface area contributed by atoms with Crippen LogP contribution in [0.25, 0.3) is 11.3 Å². The third kappa shape index (κ3) is 4.78. The second-order valence-corrected chi connectivity index (χ2v) is 10.6. The molecule has 0 aliphatic carbocycles. The molecule has 2 N–H and O–H groups in total. The van der Waals surface area contributed by atoms with Gasteiger partial charge in [0.2, 0.25) is 10.0 Å². The molecule has 2 aromatic heterocycles. The molecule has 1 aliphatic rings. The minimum atomic E-state index is -3.39. The molecule has 1 saturated heterocycles. The van der Waals surface area contributed by atoms with Gasteiger partial charge in [-0.05, 0) is 67.2 Å². The summed E-state index contributed by atoms with van der Waals surface area (Å²) in [7, 11) is -3.39. The zero-order chi connectivity index (χ0) is 24.6. The lowest BCUT2D eigenvalue weighted by molar-refractivity contribution is 0.439. The molecule has 2 atom stereocenters. The van der Waals surface area contributed by atoms with E-state index in [1.807, 2.05) is 84.6 Å². The van der Waals surface area contributed by atoms with Crippen molar-refractivity contribution in [3.63, 3.8) is 0 Å². The summed E-state index contributed by atoms with van der Waals surface area (Å²) in [6.07, 6.45) is 2.89. The zero-order valence-corrected chi connectivity index (χ0v) is 20.8. The summed E-state index contributed by atoms with van der Waals surface area (Å²) in [6.45, 7) is 1.86. The van der Waals surface area contributed by atoms with Crippen molar-refractivity contribution in [2.75, 3.05) is 15.9 Å². The van der Waals surface area contributed by atoms with Gasteiger partial charge in [0, 0.05) is 17.4 Å². The molecule has 5 rings (SSSR count). The Morgan fingerprint density at radius 2 is 1.80 bits per heavy atom. The van der Waals surface area contributed by atoms with Gasteiger partial charge >= 0.3 is 0 Å². The minimum absolute atomic E-state index is 0.243. The van der Waals surface area contributed by atoms with E-state index in [2.05, 4.69) is 15.0 Å². The van der Waals surface area contributed by atoms with Crippen LogP contribution >= 0.6 is 12.2 Å². The molecule has 7 nitrogen and oxygen atoms in total. The molecule has 2 unspecified atom stereocenters. The average Bonchev–Trinajstić information content (AvgIpc) is 3.45. The van der Waals surface area contributed by atoms with E-state index < -0.39 is 10.0 Å². The van der Waals surface area contributed by atoms with Gasteiger partial charge in [0.15, 0.2) is 5.11 Å². The fourth-order valence-electron chi connectivity index (χ4n) is 4.30. The summed E-state index contributed by atoms with van der Waals surface area (Å²) in [5.41, 5.74) is 3.95. The van der Waals surface area contributed by atoms with Gasteiger partial charge in [-0.3, -0.25) is 9.71 Å². The van der Waals surface area contributed by atoms with Crippen molar-refractivity contribution in [2.45, 2.75) is 19.0 Å². The van der Waals surface area contributed by atoms with Crippen LogP contribution in [0, 0.1) is 6.92 Å². The van der Waals surface area contributed by atoms with Gasteiger partial charge in [-0.2, -0.15) is 0 Å². The number of aryl methyl sites for hydroxylation is 1. The monoisotopic (exact) mass is 504 g/mol. The Labute approximate surface area is 209 Å². The first-order chi connectivity index (χ1) is 16.8. The van der Waals surface area contributed by atoms with E-state index in [1.165, 1.54) is 0 Å². The molecule has 35 heavy (non-hydrogen) atoms. The average molecular weight is 505 g/mol. The summed E-state index contributed by atoms with van der Waals surface area (Å²) < 4.78 is 32.4. The molecule has 0 spiro atoms. The van der Waals surface area contributed by atoms with Crippen molar-refractivity contribution >= 4 is 38.7 Å². The first kappa shape index (κ1) is 23.1. The number of hydrogen-bond donors (Lipinski definition) is 2. The van der Waals surface area contributed by atoms with E-state index in [-0.39, 0.29) is 12.1 Å². The van der Waals surface area contributed by atoms with E-state index in [1.54, 1.807) is 12.3 Å². The highest BCUT2D eigenvalue weighted by Crippen LogP contribution is 2.43. The molecule has 1 fully saturated rings. The molecule has 0 bridgehead atoms. The number of anilines is 2. The van der Waals surface area contributed by atoms with Crippen LogP contribution in [0.4, 0.5) is 11.4 Å². The van der Waals surface area contributed by atoms with Crippen LogP contribution in [-0.2, 0) is 10.0 Å². The number of sulfonamides is 1. The van der Waals surface area contributed by atoms with Gasteiger partial charge in [0.1, 0.15) is 17.6 Å². The second kappa shape index (κ2) is 9.16. The molecule has 3 heterocycles. The first-order valence-electron chi connectivity index (χ1n) is 11.0. The van der Waals surface area contributed by atoms with Gasteiger partial charge in [-0.1, -0.05) is 36.4 Å². The molecular formula is C26H24N4O3S2. The highest BCUT2D eigenvalue weighted by Gasteiger charge is 2.42. The largest absolute Gasteiger partial charge is 0.459 e. The number of nitrogens with one attached hydrogen (secondary N) is 2. The van der Waals surface area contributed by atoms with E-state index >= 15 is 0 Å². The Hall–Kier alpha value is -3.69. The van der Waals surface area contributed by atoms with E-state index in [0.29, 0.717) is 10.8 Å². The Morgan fingerprint density at radius 3 is 2.49 bits per heavy atom. The molecule has 1 aliphatic heterocycles. The SMILES string of the molecule is Cc1cc(N2C(=S)NC(c3ccccn3)C2c2ccc(-c3ccccc3)o2)ccc1NS(C)(=O)=O. The maximum Gasteiger partial charge on any atom is 0.229 e. The summed E-state index contributed by atoms with van der Waals surface area (Å²) in [4.78, 5) is 6.57. The maximum absolute atomic E-state index is 11.7. The van der Waals surface area contributed by atoms with Crippen LogP contribution in [-0.4, -0.2) is 24.8 Å². The number of rotatable bonds is 6. The maximum atomic E-state index is 11.7. The molecule has 0 saturated carbocycles. The normalized spacial score (nSPS) is 17.9. The summed E-state index contributed by atoms with van der Waals surface area (Å²) in [6, 6.07) is 24.6. The number of hydrogen-bond acceptors (Lipinski definition) is 5. The van der Waals surface area contributed by atoms with Crippen LogP contribution in [0.15, 0.2) is 89.5 Å². The third-order valence-electron chi connectivity index (χ3n) is 5.86. The smallest absolute Gasteiger partial charge is 0.229 e. The van der Waals surface area contributed by atoms with Crippen molar-refractivity contribution < 1.29 is 12.8 Å². The van der Waals surface area contributed by atoms with Crippen LogP contribution in [0.3, 0.4) is 0 Å². The Balaban J connectivity index is 1.58. The van der Waals surface area contributed by atoms with Crippen LogP contribution < -0.4 is 14.9 Å². The van der Waals surface area contributed by atoms with E-state index in [0.717, 1.165) is 40.3 Å². The summed E-state index contributed by atoms with van der Waals surface area (Å²) in [5, 5.41) is 3.95. The molecule has 2 aromatic carbocycles. The number of nitrogens with zero attached hydrogens (tertiary/aromatic N) is 2. The lowest BCUT2D eigenvalue weighted by atomic mass is 10.0. The van der Waals surface area contributed by atoms with Gasteiger partial charge < -0.3 is 14.6 Å². The predicted molar refractivity (Wildman–Crippen MR) is 142 cm³/mol. The first-order valence-corrected chi connectivity index (χ1v) is 13.3. The molecule has 9 heteroatoms. The topological polar surface area (TPSA) is 87.5 Å². The highest BCUT2D eigenvalue weighted by atomic mass is 32.2. The standard InChI is InChI=1S/C26H24N4O3S2/c1-17-16-19(11-12-20(17)29-35(2,31)32)30-25(24(28-26(30)34)21-10-6-7-15-27-21)23-14-13-22(33-23)18-8-4-3-5-9-18/h3-16,24-25,29H,1-2H3,(H,28,34). The molecule has 178 valence electrons. The number of furan rings is 1. The molecule has 0 radical (unpaired) electrons. The van der Waals surface area contributed by atoms with Crippen molar-refractivity contribution in [3.05, 3.63) is 102 Å². The summed E-state index contributed by atoms with van der Waals surface area (Å²) >= 11 is 5.77. The number of aromatic nitrogens is 1. The number of benzene rings is 2. The van der Waals surface area contributed by atoms with Crippen LogP contribution in [0.5, 0.6) is 0 Å². The minimum Gasteiger partial charge on any atom is -0.459 e. The lowest BCUT2D eigenvalue weighted by Gasteiger charge is -2.26. The van der Waals surface area contributed by atoms with Crippen molar-refractivity contribution in [2.24, 2.45) is 0 Å². The fourth-order valence-corrected chi connectivity index (χ4v) is 5.28. The molecule has 4 aromatic rings. The Kier molecular flexibility index (Phi) is 6.04. The van der Waals surface area contributed by atoms with Crippen LogP contribution in [0.2, 0.25) is 0 Å². The quantitative estimate of drug-likeness (QED) is 0.349. The third-order valence-corrected chi connectivity index (χ3v) is 6.76. The van der Waals surface area contributed by atoms with Crippen LogP contribution in [0.1, 0.15) is 29.1 Å². The van der Waals surface area contributed by atoms with Crippen molar-refractivity contribution in [3.8, 4) is 11.3 Å². The van der Waals surface area contributed by atoms with Crippen molar-refractivity contribution in [1.29, 1.82) is 0 Å². The van der Waals surface area contributed by atoms with E-state index in [4.69, 9.17) is 16.6 Å². The van der Waals surface area contributed by atoms with Gasteiger partial charge in [-0.25, -0.2) is 8.42 Å². The van der Waals surface area contributed by atoms with E-state index in [9.17, 15) is 8.42 Å². The zero-order valence-electron chi connectivity index (χ0n) is 19.2. The van der Waals surface area contributed by atoms with Gasteiger partial charge in [-0.15, -0.1) is 0 Å². The Morgan fingerprint density at radius 1 is 1.03 bits per heavy atom.